The fourth-order valence-electron chi connectivity index (χ4n) is 2.51. The van der Waals surface area contributed by atoms with E-state index in [4.69, 9.17) is 10.7 Å². The molecule has 7 heteroatoms. The summed E-state index contributed by atoms with van der Waals surface area (Å²) in [6.07, 6.45) is 4.46. The van der Waals surface area contributed by atoms with Gasteiger partial charge in [-0.25, -0.2) is 8.42 Å². The number of amides is 1. The third-order valence-electron chi connectivity index (χ3n) is 3.78. The molecule has 1 amide bonds. The Morgan fingerprint density at radius 1 is 1.35 bits per heavy atom. The van der Waals surface area contributed by atoms with Gasteiger partial charge in [0.2, 0.25) is 0 Å². The first-order valence-electron chi connectivity index (χ1n) is 6.69. The first-order valence-corrected chi connectivity index (χ1v) is 9.00. The van der Waals surface area contributed by atoms with Gasteiger partial charge in [0.25, 0.3) is 15.0 Å². The van der Waals surface area contributed by atoms with Gasteiger partial charge in [-0.15, -0.1) is 0 Å². The van der Waals surface area contributed by atoms with Crippen LogP contribution in [0.15, 0.2) is 17.2 Å². The molecule has 2 heterocycles. The molecular formula is C13H19ClN2O3S. The maximum Gasteiger partial charge on any atom is 0.270 e. The Labute approximate surface area is 123 Å². The van der Waals surface area contributed by atoms with Gasteiger partial charge in [-0.1, -0.05) is 6.92 Å². The first-order chi connectivity index (χ1) is 9.29. The molecule has 5 nitrogen and oxygen atoms in total. The van der Waals surface area contributed by atoms with Crippen LogP contribution in [0.25, 0.3) is 0 Å². The Hall–Kier alpha value is -1.01. The average molecular weight is 319 g/mol. The van der Waals surface area contributed by atoms with Crippen LogP contribution in [0.5, 0.6) is 0 Å². The minimum atomic E-state index is -3.80. The van der Waals surface area contributed by atoms with Crippen LogP contribution in [0.3, 0.4) is 0 Å². The van der Waals surface area contributed by atoms with Crippen molar-refractivity contribution >= 4 is 25.6 Å². The van der Waals surface area contributed by atoms with E-state index in [9.17, 15) is 13.2 Å². The Morgan fingerprint density at radius 2 is 2.05 bits per heavy atom. The van der Waals surface area contributed by atoms with Gasteiger partial charge in [0, 0.05) is 37.0 Å². The SMILES string of the molecule is CC1CCCN(C(=O)c2cc(S(=O)(=O)Cl)cn2C)CC1. The second-order valence-corrected chi connectivity index (χ2v) is 8.00. The number of aromatic nitrogens is 1. The normalized spacial score (nSPS) is 20.8. The van der Waals surface area contributed by atoms with Crippen LogP contribution in [0, 0.1) is 5.92 Å². The van der Waals surface area contributed by atoms with E-state index in [1.54, 1.807) is 11.9 Å². The summed E-state index contributed by atoms with van der Waals surface area (Å²) in [5.41, 5.74) is 0.360. The fraction of sp³-hybridized carbons (Fsp3) is 0.615. The van der Waals surface area contributed by atoms with Crippen molar-refractivity contribution in [3.05, 3.63) is 18.0 Å². The number of hydrogen-bond donors (Lipinski definition) is 0. The standard InChI is InChI=1S/C13H19ClN2O3S/c1-10-4-3-6-16(7-5-10)13(17)12-8-11(9-15(12)2)20(14,18)19/h8-10H,3-7H2,1-2H3. The van der Waals surface area contributed by atoms with E-state index < -0.39 is 9.05 Å². The highest BCUT2D eigenvalue weighted by Crippen LogP contribution is 2.21. The van der Waals surface area contributed by atoms with Gasteiger partial charge in [0.05, 0.1) is 0 Å². The number of hydrogen-bond acceptors (Lipinski definition) is 3. The molecule has 1 atom stereocenters. The molecule has 1 aromatic rings. The predicted octanol–water partition coefficient (Wildman–Crippen LogP) is 2.21. The van der Waals surface area contributed by atoms with E-state index in [1.165, 1.54) is 16.8 Å². The third kappa shape index (κ3) is 3.35. The molecule has 1 aliphatic rings. The molecule has 2 rings (SSSR count). The fourth-order valence-corrected chi connectivity index (χ4v) is 3.30. The lowest BCUT2D eigenvalue weighted by atomic mass is 10.0. The Kier molecular flexibility index (Phi) is 4.44. The second-order valence-electron chi connectivity index (χ2n) is 5.44. The summed E-state index contributed by atoms with van der Waals surface area (Å²) in [6, 6.07) is 1.35. The molecule has 0 aliphatic carbocycles. The zero-order valence-electron chi connectivity index (χ0n) is 11.7. The lowest BCUT2D eigenvalue weighted by molar-refractivity contribution is 0.0751. The highest BCUT2D eigenvalue weighted by Gasteiger charge is 2.24. The van der Waals surface area contributed by atoms with E-state index in [0.29, 0.717) is 18.2 Å². The summed E-state index contributed by atoms with van der Waals surface area (Å²) in [7, 11) is 3.16. The van der Waals surface area contributed by atoms with Crippen molar-refractivity contribution in [2.75, 3.05) is 13.1 Å². The van der Waals surface area contributed by atoms with Gasteiger partial charge < -0.3 is 9.47 Å². The van der Waals surface area contributed by atoms with Gasteiger partial charge in [0.1, 0.15) is 10.6 Å². The van der Waals surface area contributed by atoms with E-state index in [1.807, 2.05) is 0 Å². The van der Waals surface area contributed by atoms with Crippen molar-refractivity contribution < 1.29 is 13.2 Å². The molecule has 0 radical (unpaired) electrons. The number of carbonyl (C=O) groups excluding carboxylic acids is 1. The largest absolute Gasteiger partial charge is 0.345 e. The van der Waals surface area contributed by atoms with Crippen LogP contribution in [0.4, 0.5) is 0 Å². The summed E-state index contributed by atoms with van der Waals surface area (Å²) in [4.78, 5) is 14.2. The van der Waals surface area contributed by atoms with Gasteiger partial charge in [0.15, 0.2) is 0 Å². The molecule has 1 aliphatic heterocycles. The molecular weight excluding hydrogens is 300 g/mol. The second kappa shape index (κ2) is 5.77. The van der Waals surface area contributed by atoms with Crippen LogP contribution in [-0.2, 0) is 16.1 Å². The lowest BCUT2D eigenvalue weighted by Crippen LogP contribution is -2.33. The molecule has 1 saturated heterocycles. The van der Waals surface area contributed by atoms with Crippen LogP contribution in [-0.4, -0.2) is 36.9 Å². The highest BCUT2D eigenvalue weighted by atomic mass is 35.7. The number of aryl methyl sites for hydroxylation is 1. The number of likely N-dealkylation sites (tertiary alicyclic amines) is 1. The molecule has 0 aromatic carbocycles. The first kappa shape index (κ1) is 15.4. The monoisotopic (exact) mass is 318 g/mol. The van der Waals surface area contributed by atoms with Crippen LogP contribution < -0.4 is 0 Å². The summed E-state index contributed by atoms with van der Waals surface area (Å²) in [5, 5.41) is 0. The van der Waals surface area contributed by atoms with Crippen molar-refractivity contribution in [2.24, 2.45) is 13.0 Å². The number of halogens is 1. The molecule has 112 valence electrons. The summed E-state index contributed by atoms with van der Waals surface area (Å²) in [5.74, 6) is 0.494. The van der Waals surface area contributed by atoms with Crippen molar-refractivity contribution in [3.63, 3.8) is 0 Å². The van der Waals surface area contributed by atoms with E-state index in [-0.39, 0.29) is 10.8 Å². The van der Waals surface area contributed by atoms with Gasteiger partial charge >= 0.3 is 0 Å². The summed E-state index contributed by atoms with van der Waals surface area (Å²) < 4.78 is 24.2. The molecule has 20 heavy (non-hydrogen) atoms. The van der Waals surface area contributed by atoms with E-state index in [0.717, 1.165) is 25.8 Å². The zero-order chi connectivity index (χ0) is 14.9. The van der Waals surface area contributed by atoms with Crippen molar-refractivity contribution in [1.29, 1.82) is 0 Å². The molecule has 0 spiro atoms. The number of rotatable bonds is 2. The highest BCUT2D eigenvalue weighted by molar-refractivity contribution is 8.13. The van der Waals surface area contributed by atoms with Crippen molar-refractivity contribution in [1.82, 2.24) is 9.47 Å². The molecule has 0 bridgehead atoms. The van der Waals surface area contributed by atoms with E-state index in [2.05, 4.69) is 6.92 Å². The maximum absolute atomic E-state index is 12.5. The summed E-state index contributed by atoms with van der Waals surface area (Å²) >= 11 is 0. The van der Waals surface area contributed by atoms with Crippen molar-refractivity contribution in [2.45, 2.75) is 31.1 Å². The molecule has 0 N–H and O–H groups in total. The van der Waals surface area contributed by atoms with Gasteiger partial charge in [-0.3, -0.25) is 4.79 Å². The zero-order valence-corrected chi connectivity index (χ0v) is 13.2. The Bertz CT molecular complexity index is 609. The van der Waals surface area contributed by atoms with Gasteiger partial charge in [-0.05, 0) is 31.2 Å². The number of carbonyl (C=O) groups is 1. The molecule has 1 unspecified atom stereocenters. The summed E-state index contributed by atoms with van der Waals surface area (Å²) in [6.45, 7) is 3.63. The quantitative estimate of drug-likeness (QED) is 0.786. The minimum Gasteiger partial charge on any atom is -0.345 e. The predicted molar refractivity (Wildman–Crippen MR) is 77.4 cm³/mol. The number of nitrogens with zero attached hydrogens (tertiary/aromatic N) is 2. The average Bonchev–Trinajstić information content (AvgIpc) is 2.61. The Morgan fingerprint density at radius 3 is 2.65 bits per heavy atom. The van der Waals surface area contributed by atoms with Gasteiger partial charge in [-0.2, -0.15) is 0 Å². The third-order valence-corrected chi connectivity index (χ3v) is 5.11. The van der Waals surface area contributed by atoms with Crippen LogP contribution in [0.2, 0.25) is 0 Å². The smallest absolute Gasteiger partial charge is 0.270 e. The van der Waals surface area contributed by atoms with Crippen LogP contribution in [0.1, 0.15) is 36.7 Å². The molecule has 1 aromatic heterocycles. The molecule has 1 fully saturated rings. The van der Waals surface area contributed by atoms with Crippen molar-refractivity contribution in [3.8, 4) is 0 Å². The van der Waals surface area contributed by atoms with Crippen LogP contribution >= 0.6 is 10.7 Å². The topological polar surface area (TPSA) is 59.4 Å². The van der Waals surface area contributed by atoms with E-state index >= 15 is 0 Å². The maximum atomic E-state index is 12.5. The minimum absolute atomic E-state index is 0.0341. The Balaban J connectivity index is 2.23. The molecule has 0 saturated carbocycles. The lowest BCUT2D eigenvalue weighted by Gasteiger charge is -2.20.